The Hall–Kier alpha value is -4.85. The lowest BCUT2D eigenvalue weighted by Gasteiger charge is -2.27. The first-order chi connectivity index (χ1) is 20.3. The van der Waals surface area contributed by atoms with E-state index in [1.807, 2.05) is 0 Å². The molecule has 0 rings (SSSR count). The zero-order valence-corrected chi connectivity index (χ0v) is 24.5. The lowest BCUT2D eigenvalue weighted by molar-refractivity contribution is -0.141. The number of aliphatic hydroxyl groups excluding tert-OH is 1. The molecule has 0 unspecified atom stereocenters. The fourth-order valence-electron chi connectivity index (χ4n) is 3.37. The minimum Gasteiger partial charge on any atom is -0.480 e. The smallest absolute Gasteiger partial charge is 0.325 e. The van der Waals surface area contributed by atoms with Crippen molar-refractivity contribution in [3.05, 3.63) is 0 Å². The minimum absolute atomic E-state index is 0.167. The first-order valence-corrected chi connectivity index (χ1v) is 13.3. The summed E-state index contributed by atoms with van der Waals surface area (Å²) in [6.07, 6.45) is -3.56. The van der Waals surface area contributed by atoms with Crippen molar-refractivity contribution >= 4 is 53.2 Å². The van der Waals surface area contributed by atoms with Crippen molar-refractivity contribution in [2.75, 3.05) is 0 Å². The number of carbonyl (C=O) groups excluding carboxylic acids is 8. The molecule has 7 atom stereocenters. The second kappa shape index (κ2) is 18.6. The Bertz CT molecular complexity index is 1120. The normalized spacial score (nSPS) is 15.5. The van der Waals surface area contributed by atoms with Gasteiger partial charge in [0, 0.05) is 12.8 Å². The molecule has 0 aliphatic rings. The van der Waals surface area contributed by atoms with Gasteiger partial charge in [0.25, 0.3) is 0 Å². The predicted molar refractivity (Wildman–Crippen MR) is 149 cm³/mol. The summed E-state index contributed by atoms with van der Waals surface area (Å²) in [6, 6.07) is -8.89. The number of hydrogen-bond acceptors (Lipinski definition) is 11. The van der Waals surface area contributed by atoms with Gasteiger partial charge in [-0.2, -0.15) is 0 Å². The third-order valence-electron chi connectivity index (χ3n) is 5.93. The van der Waals surface area contributed by atoms with Gasteiger partial charge >= 0.3 is 5.97 Å². The van der Waals surface area contributed by atoms with Crippen LogP contribution in [-0.2, 0) is 43.2 Å². The Morgan fingerprint density at radius 1 is 0.591 bits per heavy atom. The first kappa shape index (κ1) is 39.1. The van der Waals surface area contributed by atoms with E-state index in [2.05, 4.69) is 26.6 Å². The quantitative estimate of drug-likeness (QED) is 0.0597. The van der Waals surface area contributed by atoms with Crippen LogP contribution in [0.3, 0.4) is 0 Å². The molecule has 20 nitrogen and oxygen atoms in total. The SMILES string of the molecule is C[C@H](NC(=O)[C@H](C)NC(=O)[C@@H](NC(=O)[C@H](CC(N)=O)NC(=O)[C@H](CCC(N)=O)NC(=O)[C@@H](N)CCC(N)=O)[C@@H](C)O)C(=O)O. The number of hydrogen-bond donors (Lipinski definition) is 11. The highest BCUT2D eigenvalue weighted by atomic mass is 16.4. The van der Waals surface area contributed by atoms with Gasteiger partial charge in [-0.05, 0) is 33.6 Å². The van der Waals surface area contributed by atoms with Crippen LogP contribution >= 0.6 is 0 Å². The minimum atomic E-state index is -1.76. The predicted octanol–water partition coefficient (Wildman–Crippen LogP) is -6.35. The molecule has 0 heterocycles. The Morgan fingerprint density at radius 3 is 1.55 bits per heavy atom. The number of carbonyl (C=O) groups is 9. The van der Waals surface area contributed by atoms with Crippen LogP contribution in [0, 0.1) is 0 Å². The third-order valence-corrected chi connectivity index (χ3v) is 5.93. The van der Waals surface area contributed by atoms with Crippen molar-refractivity contribution < 1.29 is 53.4 Å². The molecule has 0 saturated heterocycles. The Morgan fingerprint density at radius 2 is 1.07 bits per heavy atom. The number of primary amides is 3. The molecule has 0 aliphatic carbocycles. The van der Waals surface area contributed by atoms with Gasteiger partial charge in [-0.3, -0.25) is 43.2 Å². The highest BCUT2D eigenvalue weighted by Gasteiger charge is 2.34. The monoisotopic (exact) mass is 631 g/mol. The fraction of sp³-hybridized carbons (Fsp3) is 0.625. The first-order valence-electron chi connectivity index (χ1n) is 13.3. The maximum Gasteiger partial charge on any atom is 0.325 e. The van der Waals surface area contributed by atoms with Crippen LogP contribution < -0.4 is 49.5 Å². The number of carboxylic acid groups (broad SMARTS) is 1. The molecule has 0 saturated carbocycles. The van der Waals surface area contributed by atoms with Crippen LogP contribution in [0.4, 0.5) is 0 Å². The van der Waals surface area contributed by atoms with Gasteiger partial charge in [0.2, 0.25) is 47.3 Å². The van der Waals surface area contributed by atoms with E-state index in [0.29, 0.717) is 0 Å². The van der Waals surface area contributed by atoms with Crippen molar-refractivity contribution in [1.29, 1.82) is 0 Å². The van der Waals surface area contributed by atoms with Crippen molar-refractivity contribution in [3.63, 3.8) is 0 Å². The molecule has 0 aromatic rings. The van der Waals surface area contributed by atoms with E-state index in [9.17, 15) is 48.3 Å². The average molecular weight is 632 g/mol. The largest absolute Gasteiger partial charge is 0.480 e. The summed E-state index contributed by atoms with van der Waals surface area (Å²) >= 11 is 0. The lowest BCUT2D eigenvalue weighted by Crippen LogP contribution is -2.61. The number of nitrogens with two attached hydrogens (primary N) is 4. The van der Waals surface area contributed by atoms with E-state index in [1.54, 1.807) is 0 Å². The second-order valence-electron chi connectivity index (χ2n) is 9.93. The molecule has 0 fully saturated rings. The van der Waals surface area contributed by atoms with Gasteiger partial charge in [-0.25, -0.2) is 0 Å². The molecular formula is C24H41N9O11. The van der Waals surface area contributed by atoms with Crippen molar-refractivity contribution in [2.45, 2.75) is 95.2 Å². The zero-order chi connectivity index (χ0) is 34.3. The van der Waals surface area contributed by atoms with Crippen molar-refractivity contribution in [1.82, 2.24) is 26.6 Å². The Balaban J connectivity index is 5.78. The van der Waals surface area contributed by atoms with Crippen LogP contribution in [0.1, 0.15) is 52.9 Å². The molecule has 44 heavy (non-hydrogen) atoms. The van der Waals surface area contributed by atoms with E-state index in [-0.39, 0.29) is 19.3 Å². The summed E-state index contributed by atoms with van der Waals surface area (Å²) in [5.74, 6) is -9.14. The maximum atomic E-state index is 13.0. The molecule has 248 valence electrons. The van der Waals surface area contributed by atoms with E-state index in [1.165, 1.54) is 13.8 Å². The molecule has 15 N–H and O–H groups in total. The highest BCUT2D eigenvalue weighted by Crippen LogP contribution is 2.04. The van der Waals surface area contributed by atoms with Gasteiger partial charge < -0.3 is 59.7 Å². The fourth-order valence-corrected chi connectivity index (χ4v) is 3.37. The molecule has 0 aliphatic heterocycles. The standard InChI is InChI=1S/C24H41N9O11/c1-9(19(38)30-10(2)24(43)44)29-23(42)18(11(3)34)33-22(41)14(8-17(28)37)32-21(40)13(5-7-16(27)36)31-20(39)12(25)4-6-15(26)35/h9-14,18,34H,4-8,25H2,1-3H3,(H2,26,35)(H2,27,36)(H2,28,37)(H,29,42)(H,30,38)(H,31,39)(H,32,40)(H,33,41)(H,43,44)/t9-,10-,11+,12-,13-,14-,18-/m0/s1. The van der Waals surface area contributed by atoms with Crippen LogP contribution in [0.25, 0.3) is 0 Å². The van der Waals surface area contributed by atoms with E-state index in [4.69, 9.17) is 28.0 Å². The molecule has 0 aromatic carbocycles. The summed E-state index contributed by atoms with van der Waals surface area (Å²) in [7, 11) is 0. The van der Waals surface area contributed by atoms with Crippen LogP contribution in [0.5, 0.6) is 0 Å². The van der Waals surface area contributed by atoms with E-state index >= 15 is 0 Å². The number of rotatable bonds is 20. The number of nitrogens with one attached hydrogen (secondary N) is 5. The molecule has 0 bridgehead atoms. The Kier molecular flexibility index (Phi) is 16.6. The molecule has 8 amide bonds. The van der Waals surface area contributed by atoms with Gasteiger partial charge in [0.05, 0.1) is 18.6 Å². The Labute approximate surface area is 251 Å². The summed E-state index contributed by atoms with van der Waals surface area (Å²) < 4.78 is 0. The zero-order valence-electron chi connectivity index (χ0n) is 24.5. The lowest BCUT2D eigenvalue weighted by atomic mass is 10.1. The summed E-state index contributed by atoms with van der Waals surface area (Å²) in [5, 5.41) is 29.9. The second-order valence-corrected chi connectivity index (χ2v) is 9.93. The summed E-state index contributed by atoms with van der Waals surface area (Å²) in [6.45, 7) is 3.50. The molecule has 0 spiro atoms. The van der Waals surface area contributed by atoms with E-state index < -0.39 is 108 Å². The third kappa shape index (κ3) is 14.9. The van der Waals surface area contributed by atoms with Crippen LogP contribution in [0.2, 0.25) is 0 Å². The summed E-state index contributed by atoms with van der Waals surface area (Å²) in [5.41, 5.74) is 21.1. The topological polar surface area (TPSA) is 358 Å². The van der Waals surface area contributed by atoms with Crippen LogP contribution in [-0.4, -0.2) is 106 Å². The molecule has 20 heteroatoms. The van der Waals surface area contributed by atoms with Gasteiger partial charge in [0.1, 0.15) is 30.2 Å². The van der Waals surface area contributed by atoms with Gasteiger partial charge in [-0.1, -0.05) is 0 Å². The number of carboxylic acids is 1. The van der Waals surface area contributed by atoms with Gasteiger partial charge in [0.15, 0.2) is 0 Å². The number of amides is 8. The molecule has 0 aromatic heterocycles. The number of aliphatic hydroxyl groups is 1. The highest BCUT2D eigenvalue weighted by molar-refractivity contribution is 5.98. The van der Waals surface area contributed by atoms with Gasteiger partial charge in [-0.15, -0.1) is 0 Å². The maximum absolute atomic E-state index is 13.0. The van der Waals surface area contributed by atoms with Crippen molar-refractivity contribution in [3.8, 4) is 0 Å². The summed E-state index contributed by atoms with van der Waals surface area (Å²) in [4.78, 5) is 108. The average Bonchev–Trinajstić information content (AvgIpc) is 2.90. The van der Waals surface area contributed by atoms with E-state index in [0.717, 1.165) is 6.92 Å². The van der Waals surface area contributed by atoms with Crippen LogP contribution in [0.15, 0.2) is 0 Å². The van der Waals surface area contributed by atoms with Crippen molar-refractivity contribution in [2.24, 2.45) is 22.9 Å². The number of aliphatic carboxylic acids is 1. The molecular weight excluding hydrogens is 590 g/mol. The molecule has 0 radical (unpaired) electrons.